The smallest absolute Gasteiger partial charge is 0.226 e. The Morgan fingerprint density at radius 2 is 2.27 bits per heavy atom. The summed E-state index contributed by atoms with van der Waals surface area (Å²) in [6, 6.07) is 0. The van der Waals surface area contributed by atoms with E-state index in [4.69, 9.17) is 5.11 Å². The first-order valence-electron chi connectivity index (χ1n) is 5.82. The van der Waals surface area contributed by atoms with Crippen LogP contribution in [0.3, 0.4) is 0 Å². The van der Waals surface area contributed by atoms with E-state index in [9.17, 15) is 4.79 Å². The summed E-state index contributed by atoms with van der Waals surface area (Å²) in [4.78, 5) is 13.7. The summed E-state index contributed by atoms with van der Waals surface area (Å²) in [5, 5.41) is 11.8. The lowest BCUT2D eigenvalue weighted by Gasteiger charge is -2.20. The van der Waals surface area contributed by atoms with Crippen LogP contribution in [-0.4, -0.2) is 49.2 Å². The number of carbonyl (C=O) groups is 1. The first kappa shape index (κ1) is 12.5. The van der Waals surface area contributed by atoms with Crippen LogP contribution < -0.4 is 5.32 Å². The van der Waals surface area contributed by atoms with Gasteiger partial charge in [-0.3, -0.25) is 4.79 Å². The summed E-state index contributed by atoms with van der Waals surface area (Å²) in [5.41, 5.74) is 0. The lowest BCUT2D eigenvalue weighted by atomic mass is 10.1. The molecule has 0 aromatic rings. The zero-order valence-electron chi connectivity index (χ0n) is 9.54. The quantitative estimate of drug-likeness (QED) is 0.622. The normalized spacial score (nSPS) is 20.5. The second-order valence-corrected chi connectivity index (χ2v) is 4.23. The molecule has 0 aliphatic carbocycles. The van der Waals surface area contributed by atoms with E-state index in [0.717, 1.165) is 45.3 Å². The van der Waals surface area contributed by atoms with E-state index in [1.54, 1.807) is 0 Å². The van der Waals surface area contributed by atoms with Crippen molar-refractivity contribution in [2.24, 2.45) is 5.92 Å². The Labute approximate surface area is 91.6 Å². The van der Waals surface area contributed by atoms with Gasteiger partial charge < -0.3 is 15.3 Å². The molecule has 0 aromatic carbocycles. The van der Waals surface area contributed by atoms with E-state index in [1.165, 1.54) is 0 Å². The molecular weight excluding hydrogens is 192 g/mol. The number of hydrogen-bond acceptors (Lipinski definition) is 3. The second-order valence-electron chi connectivity index (χ2n) is 4.23. The van der Waals surface area contributed by atoms with Gasteiger partial charge in [-0.05, 0) is 32.2 Å². The number of rotatable bonds is 6. The predicted molar refractivity (Wildman–Crippen MR) is 59.6 cm³/mol. The monoisotopic (exact) mass is 214 g/mol. The van der Waals surface area contributed by atoms with Crippen molar-refractivity contribution in [3.8, 4) is 0 Å². The second kappa shape index (κ2) is 6.80. The zero-order chi connectivity index (χ0) is 11.1. The highest BCUT2D eigenvalue weighted by molar-refractivity contribution is 5.79. The van der Waals surface area contributed by atoms with Crippen LogP contribution >= 0.6 is 0 Å². The van der Waals surface area contributed by atoms with Crippen LogP contribution in [0.5, 0.6) is 0 Å². The molecule has 1 aliphatic heterocycles. The van der Waals surface area contributed by atoms with E-state index >= 15 is 0 Å². The SMILES string of the molecule is CN(CCCCCO)C(=O)C1CCNC1. The standard InChI is InChI=1S/C11H22N2O2/c1-13(7-3-2-4-8-14)11(15)10-5-6-12-9-10/h10,12,14H,2-9H2,1H3. The summed E-state index contributed by atoms with van der Waals surface area (Å²) in [6.45, 7) is 2.87. The van der Waals surface area contributed by atoms with Crippen LogP contribution in [0.25, 0.3) is 0 Å². The van der Waals surface area contributed by atoms with Gasteiger partial charge in [0.15, 0.2) is 0 Å². The molecule has 1 saturated heterocycles. The third kappa shape index (κ3) is 4.18. The molecule has 4 heteroatoms. The fraction of sp³-hybridized carbons (Fsp3) is 0.909. The maximum atomic E-state index is 11.8. The van der Waals surface area contributed by atoms with Crippen molar-refractivity contribution in [1.29, 1.82) is 0 Å². The van der Waals surface area contributed by atoms with E-state index < -0.39 is 0 Å². The Balaban J connectivity index is 2.14. The molecule has 0 bridgehead atoms. The summed E-state index contributed by atoms with van der Waals surface area (Å²) >= 11 is 0. The number of carbonyl (C=O) groups excluding carboxylic acids is 1. The van der Waals surface area contributed by atoms with Crippen LogP contribution in [0.1, 0.15) is 25.7 Å². The number of nitrogens with one attached hydrogen (secondary N) is 1. The Morgan fingerprint density at radius 1 is 1.47 bits per heavy atom. The molecule has 0 spiro atoms. The number of aliphatic hydroxyl groups excluding tert-OH is 1. The molecule has 2 N–H and O–H groups in total. The van der Waals surface area contributed by atoms with Gasteiger partial charge in [-0.15, -0.1) is 0 Å². The molecule has 15 heavy (non-hydrogen) atoms. The minimum absolute atomic E-state index is 0.188. The van der Waals surface area contributed by atoms with E-state index in [2.05, 4.69) is 5.32 Å². The molecule has 1 amide bonds. The highest BCUT2D eigenvalue weighted by atomic mass is 16.2. The molecule has 88 valence electrons. The van der Waals surface area contributed by atoms with Gasteiger partial charge in [0.05, 0.1) is 5.92 Å². The Bertz CT molecular complexity index is 191. The van der Waals surface area contributed by atoms with Crippen molar-refractivity contribution in [2.75, 3.05) is 33.3 Å². The first-order chi connectivity index (χ1) is 7.25. The Kier molecular flexibility index (Phi) is 5.65. The van der Waals surface area contributed by atoms with Crippen molar-refractivity contribution >= 4 is 5.91 Å². The lowest BCUT2D eigenvalue weighted by Crippen LogP contribution is -2.34. The van der Waals surface area contributed by atoms with Gasteiger partial charge in [0.1, 0.15) is 0 Å². The highest BCUT2D eigenvalue weighted by Crippen LogP contribution is 2.11. The number of unbranched alkanes of at least 4 members (excludes halogenated alkanes) is 2. The number of hydrogen-bond donors (Lipinski definition) is 2. The number of amides is 1. The van der Waals surface area contributed by atoms with Crippen molar-refractivity contribution < 1.29 is 9.90 Å². The average molecular weight is 214 g/mol. The molecule has 1 rings (SSSR count). The Morgan fingerprint density at radius 3 is 2.87 bits per heavy atom. The largest absolute Gasteiger partial charge is 0.396 e. The summed E-state index contributed by atoms with van der Waals surface area (Å²) in [5.74, 6) is 0.455. The van der Waals surface area contributed by atoms with Crippen LogP contribution in [0.4, 0.5) is 0 Å². The lowest BCUT2D eigenvalue weighted by molar-refractivity contribution is -0.133. The van der Waals surface area contributed by atoms with E-state index in [0.29, 0.717) is 0 Å². The molecule has 1 fully saturated rings. The van der Waals surface area contributed by atoms with E-state index in [1.807, 2.05) is 11.9 Å². The maximum absolute atomic E-state index is 11.8. The van der Waals surface area contributed by atoms with Crippen LogP contribution in [0.2, 0.25) is 0 Å². The molecule has 1 unspecified atom stereocenters. The maximum Gasteiger partial charge on any atom is 0.226 e. The fourth-order valence-electron chi connectivity index (χ4n) is 1.92. The van der Waals surface area contributed by atoms with Gasteiger partial charge in [-0.2, -0.15) is 0 Å². The van der Waals surface area contributed by atoms with Gasteiger partial charge in [0.25, 0.3) is 0 Å². The summed E-state index contributed by atoms with van der Waals surface area (Å²) < 4.78 is 0. The molecule has 0 saturated carbocycles. The predicted octanol–water partition coefficient (Wildman–Crippen LogP) is 0.217. The fourth-order valence-corrected chi connectivity index (χ4v) is 1.92. The van der Waals surface area contributed by atoms with Crippen LogP contribution in [0.15, 0.2) is 0 Å². The van der Waals surface area contributed by atoms with Gasteiger partial charge in [0.2, 0.25) is 5.91 Å². The molecule has 1 heterocycles. The van der Waals surface area contributed by atoms with Crippen molar-refractivity contribution in [3.63, 3.8) is 0 Å². The van der Waals surface area contributed by atoms with Gasteiger partial charge >= 0.3 is 0 Å². The molecule has 0 radical (unpaired) electrons. The number of nitrogens with zero attached hydrogens (tertiary/aromatic N) is 1. The summed E-state index contributed by atoms with van der Waals surface area (Å²) in [6.07, 6.45) is 3.80. The van der Waals surface area contributed by atoms with Crippen molar-refractivity contribution in [2.45, 2.75) is 25.7 Å². The topological polar surface area (TPSA) is 52.6 Å². The molecule has 0 aromatic heterocycles. The minimum atomic E-state index is 0.188. The van der Waals surface area contributed by atoms with E-state index in [-0.39, 0.29) is 18.4 Å². The first-order valence-corrected chi connectivity index (χ1v) is 5.82. The third-order valence-electron chi connectivity index (χ3n) is 2.94. The van der Waals surface area contributed by atoms with Crippen LogP contribution in [0, 0.1) is 5.92 Å². The average Bonchev–Trinajstić information content (AvgIpc) is 2.76. The molecular formula is C11H22N2O2. The van der Waals surface area contributed by atoms with Crippen LogP contribution in [-0.2, 0) is 4.79 Å². The number of aliphatic hydroxyl groups is 1. The van der Waals surface area contributed by atoms with Crippen molar-refractivity contribution in [1.82, 2.24) is 10.2 Å². The Hall–Kier alpha value is -0.610. The molecule has 1 atom stereocenters. The molecule has 4 nitrogen and oxygen atoms in total. The third-order valence-corrected chi connectivity index (χ3v) is 2.94. The highest BCUT2D eigenvalue weighted by Gasteiger charge is 2.24. The van der Waals surface area contributed by atoms with Gasteiger partial charge in [-0.25, -0.2) is 0 Å². The van der Waals surface area contributed by atoms with Gasteiger partial charge in [-0.1, -0.05) is 0 Å². The molecule has 1 aliphatic rings. The minimum Gasteiger partial charge on any atom is -0.396 e. The van der Waals surface area contributed by atoms with Crippen molar-refractivity contribution in [3.05, 3.63) is 0 Å². The van der Waals surface area contributed by atoms with Gasteiger partial charge in [0, 0.05) is 26.7 Å². The summed E-state index contributed by atoms with van der Waals surface area (Å²) in [7, 11) is 1.87. The zero-order valence-corrected chi connectivity index (χ0v) is 9.54.